The minimum Gasteiger partial charge on any atom is -0.398 e. The van der Waals surface area contributed by atoms with E-state index in [2.05, 4.69) is 5.32 Å². The third kappa shape index (κ3) is 4.37. The maximum atomic E-state index is 12.2. The number of amides is 2. The van der Waals surface area contributed by atoms with Gasteiger partial charge in [0, 0.05) is 38.1 Å². The van der Waals surface area contributed by atoms with Gasteiger partial charge in [-0.2, -0.15) is 5.26 Å². The lowest BCUT2D eigenvalue weighted by Crippen LogP contribution is -2.43. The van der Waals surface area contributed by atoms with Gasteiger partial charge in [0.25, 0.3) is 5.91 Å². The number of nitrogens with zero attached hydrogens (tertiary/aromatic N) is 3. The van der Waals surface area contributed by atoms with Crippen LogP contribution in [0.3, 0.4) is 0 Å². The number of piperazine rings is 1. The number of halogens is 1. The van der Waals surface area contributed by atoms with Crippen molar-refractivity contribution < 1.29 is 9.59 Å². The molecule has 0 radical (unpaired) electrons. The highest BCUT2D eigenvalue weighted by atomic mass is 35.5. The molecule has 7 nitrogen and oxygen atoms in total. The van der Waals surface area contributed by atoms with Gasteiger partial charge >= 0.3 is 0 Å². The summed E-state index contributed by atoms with van der Waals surface area (Å²) in [5.41, 5.74) is 6.46. The van der Waals surface area contributed by atoms with Gasteiger partial charge in [-0.3, -0.25) is 9.59 Å². The lowest BCUT2D eigenvalue weighted by Gasteiger charge is -2.31. The van der Waals surface area contributed by atoms with E-state index in [0.29, 0.717) is 42.6 Å². The molecule has 0 bridgehead atoms. The van der Waals surface area contributed by atoms with Crippen molar-refractivity contribution in [3.8, 4) is 6.07 Å². The van der Waals surface area contributed by atoms with Gasteiger partial charge in [0.05, 0.1) is 10.7 Å². The van der Waals surface area contributed by atoms with Gasteiger partial charge in [-0.05, 0) is 18.2 Å². The van der Waals surface area contributed by atoms with E-state index < -0.39 is 5.91 Å². The molecule has 1 aliphatic heterocycles. The Kier molecular flexibility index (Phi) is 5.44. The van der Waals surface area contributed by atoms with Crippen molar-refractivity contribution in [3.05, 3.63) is 35.0 Å². The highest BCUT2D eigenvalue weighted by Crippen LogP contribution is 2.22. The summed E-state index contributed by atoms with van der Waals surface area (Å²) in [6.45, 7) is 2.28. The molecule has 1 aromatic rings. The molecule has 0 unspecified atom stereocenters. The summed E-state index contributed by atoms with van der Waals surface area (Å²) in [4.78, 5) is 26.3. The van der Waals surface area contributed by atoms with E-state index in [-0.39, 0.29) is 5.57 Å². The highest BCUT2D eigenvalue weighted by Gasteiger charge is 2.16. The molecule has 0 saturated carbocycles. The normalized spacial score (nSPS) is 15.0. The maximum Gasteiger partial charge on any atom is 0.267 e. The molecule has 1 saturated heterocycles. The van der Waals surface area contributed by atoms with E-state index in [9.17, 15) is 14.9 Å². The fourth-order valence-corrected chi connectivity index (χ4v) is 2.28. The van der Waals surface area contributed by atoms with Crippen molar-refractivity contribution in [3.63, 3.8) is 0 Å². The minimum atomic E-state index is -0.522. The molecule has 0 aliphatic carbocycles. The predicted molar refractivity (Wildman–Crippen MR) is 87.4 cm³/mol. The monoisotopic (exact) mass is 333 g/mol. The standard InChI is InChI=1S/C15H16ClN5O2/c16-13-7-12(1-2-14(13)18)19-15(23)11(8-17)9-20-3-5-21(10-22)6-4-20/h1-2,7,9-10H,3-6,18H2,(H,19,23)/b11-9-. The van der Waals surface area contributed by atoms with Gasteiger partial charge in [0.15, 0.2) is 0 Å². The Labute approximate surface area is 138 Å². The van der Waals surface area contributed by atoms with Crippen LogP contribution in [0.2, 0.25) is 5.02 Å². The van der Waals surface area contributed by atoms with E-state index in [1.165, 1.54) is 12.3 Å². The number of rotatable bonds is 4. The van der Waals surface area contributed by atoms with Crippen molar-refractivity contribution in [1.82, 2.24) is 9.80 Å². The Hall–Kier alpha value is -2.72. The van der Waals surface area contributed by atoms with Crippen LogP contribution < -0.4 is 11.1 Å². The zero-order valence-electron chi connectivity index (χ0n) is 12.3. The largest absolute Gasteiger partial charge is 0.398 e. The molecular formula is C15H16ClN5O2. The number of anilines is 2. The fourth-order valence-electron chi connectivity index (χ4n) is 2.10. The average Bonchev–Trinajstić information content (AvgIpc) is 2.56. The molecule has 2 amide bonds. The number of carbonyl (C=O) groups excluding carboxylic acids is 2. The van der Waals surface area contributed by atoms with Crippen LogP contribution in [-0.4, -0.2) is 48.3 Å². The number of nitrogens with two attached hydrogens (primary N) is 1. The van der Waals surface area contributed by atoms with Gasteiger partial charge in [-0.25, -0.2) is 0 Å². The molecule has 1 aromatic carbocycles. The molecule has 2 rings (SSSR count). The molecule has 23 heavy (non-hydrogen) atoms. The smallest absolute Gasteiger partial charge is 0.267 e. The first-order valence-electron chi connectivity index (χ1n) is 6.95. The second kappa shape index (κ2) is 7.51. The molecule has 1 fully saturated rings. The predicted octanol–water partition coefficient (Wildman–Crippen LogP) is 1.04. The summed E-state index contributed by atoms with van der Waals surface area (Å²) < 4.78 is 0. The van der Waals surface area contributed by atoms with Crippen LogP contribution in [0.5, 0.6) is 0 Å². The van der Waals surface area contributed by atoms with E-state index in [1.54, 1.807) is 17.0 Å². The Morgan fingerprint density at radius 2 is 1.96 bits per heavy atom. The summed E-state index contributed by atoms with van der Waals surface area (Å²) in [7, 11) is 0. The minimum absolute atomic E-state index is 0.0162. The van der Waals surface area contributed by atoms with Gasteiger partial charge in [-0.15, -0.1) is 0 Å². The Morgan fingerprint density at radius 3 is 2.52 bits per heavy atom. The molecular weight excluding hydrogens is 318 g/mol. The zero-order chi connectivity index (χ0) is 16.8. The molecule has 1 heterocycles. The van der Waals surface area contributed by atoms with Crippen LogP contribution in [0.4, 0.5) is 11.4 Å². The number of benzene rings is 1. The summed E-state index contributed by atoms with van der Waals surface area (Å²) in [6, 6.07) is 6.59. The molecule has 0 aromatic heterocycles. The third-order valence-electron chi connectivity index (χ3n) is 3.43. The van der Waals surface area contributed by atoms with Crippen molar-refractivity contribution in [2.75, 3.05) is 37.2 Å². The Morgan fingerprint density at radius 1 is 1.30 bits per heavy atom. The van der Waals surface area contributed by atoms with E-state index in [1.807, 2.05) is 11.0 Å². The molecule has 0 atom stereocenters. The third-order valence-corrected chi connectivity index (χ3v) is 3.76. The topological polar surface area (TPSA) is 102 Å². The summed E-state index contributed by atoms with van der Waals surface area (Å²) in [5, 5.41) is 12.1. The Balaban J connectivity index is 2.03. The number of hydrogen-bond donors (Lipinski definition) is 2. The number of carbonyl (C=O) groups is 2. The van der Waals surface area contributed by atoms with Gasteiger partial charge in [0.2, 0.25) is 6.41 Å². The second-order valence-corrected chi connectivity index (χ2v) is 5.43. The van der Waals surface area contributed by atoms with E-state index >= 15 is 0 Å². The number of nitriles is 1. The molecule has 3 N–H and O–H groups in total. The Bertz CT molecular complexity index is 675. The van der Waals surface area contributed by atoms with Crippen LogP contribution in [0.25, 0.3) is 0 Å². The summed E-state index contributed by atoms with van der Waals surface area (Å²) >= 11 is 5.90. The summed E-state index contributed by atoms with van der Waals surface area (Å²) in [6.07, 6.45) is 2.31. The van der Waals surface area contributed by atoms with Crippen molar-refractivity contribution in [1.29, 1.82) is 5.26 Å². The summed E-state index contributed by atoms with van der Waals surface area (Å²) in [5.74, 6) is -0.522. The van der Waals surface area contributed by atoms with E-state index in [4.69, 9.17) is 17.3 Å². The first-order valence-corrected chi connectivity index (χ1v) is 7.33. The van der Waals surface area contributed by atoms with Crippen LogP contribution in [-0.2, 0) is 9.59 Å². The van der Waals surface area contributed by atoms with Gasteiger partial charge in [0.1, 0.15) is 11.6 Å². The molecule has 1 aliphatic rings. The van der Waals surface area contributed by atoms with Crippen LogP contribution in [0, 0.1) is 11.3 Å². The zero-order valence-corrected chi connectivity index (χ0v) is 13.1. The molecule has 0 spiro atoms. The number of hydrogen-bond acceptors (Lipinski definition) is 5. The fraction of sp³-hybridized carbons (Fsp3) is 0.267. The molecule has 8 heteroatoms. The van der Waals surface area contributed by atoms with Crippen molar-refractivity contribution >= 4 is 35.3 Å². The van der Waals surface area contributed by atoms with Gasteiger partial charge < -0.3 is 20.9 Å². The lowest BCUT2D eigenvalue weighted by atomic mass is 10.2. The maximum absolute atomic E-state index is 12.2. The second-order valence-electron chi connectivity index (χ2n) is 5.02. The SMILES string of the molecule is N#C/C(=C/N1CCN(C=O)CC1)C(=O)Nc1ccc(N)c(Cl)c1. The average molecular weight is 334 g/mol. The van der Waals surface area contributed by atoms with E-state index in [0.717, 1.165) is 6.41 Å². The van der Waals surface area contributed by atoms with Crippen LogP contribution >= 0.6 is 11.6 Å². The van der Waals surface area contributed by atoms with Crippen molar-refractivity contribution in [2.45, 2.75) is 0 Å². The first-order chi connectivity index (χ1) is 11.0. The lowest BCUT2D eigenvalue weighted by molar-refractivity contribution is -0.119. The molecule has 120 valence electrons. The first kappa shape index (κ1) is 16.6. The van der Waals surface area contributed by atoms with Crippen LogP contribution in [0.15, 0.2) is 30.0 Å². The number of nitrogen functional groups attached to an aromatic ring is 1. The quantitative estimate of drug-likeness (QED) is 0.371. The van der Waals surface area contributed by atoms with Gasteiger partial charge in [-0.1, -0.05) is 11.6 Å². The highest BCUT2D eigenvalue weighted by molar-refractivity contribution is 6.33. The van der Waals surface area contributed by atoms with Crippen LogP contribution in [0.1, 0.15) is 0 Å². The number of nitrogens with one attached hydrogen (secondary N) is 1. The van der Waals surface area contributed by atoms with Crippen molar-refractivity contribution in [2.24, 2.45) is 0 Å².